The molecule has 1 aliphatic rings. The summed E-state index contributed by atoms with van der Waals surface area (Å²) in [6.45, 7) is 2.27. The standard InChI is InChI=1S/C12H19N3O2S/c1-2-9-10(18-15-14-9)11(16)13-8-12(17)6-4-3-5-7-12/h17H,2-8H2,1H3,(H,13,16). The van der Waals surface area contributed by atoms with Gasteiger partial charge in [-0.25, -0.2) is 0 Å². The minimum atomic E-state index is -0.724. The van der Waals surface area contributed by atoms with Crippen LogP contribution in [0.4, 0.5) is 0 Å². The molecule has 2 rings (SSSR count). The average Bonchev–Trinajstić information content (AvgIpc) is 2.85. The highest BCUT2D eigenvalue weighted by atomic mass is 32.1. The van der Waals surface area contributed by atoms with Crippen molar-refractivity contribution in [2.24, 2.45) is 0 Å². The smallest absolute Gasteiger partial charge is 0.265 e. The number of amides is 1. The van der Waals surface area contributed by atoms with Gasteiger partial charge in [-0.1, -0.05) is 30.7 Å². The molecule has 1 amide bonds. The van der Waals surface area contributed by atoms with Gasteiger partial charge in [0.15, 0.2) is 0 Å². The molecule has 0 aromatic carbocycles. The van der Waals surface area contributed by atoms with E-state index in [1.807, 2.05) is 6.92 Å². The van der Waals surface area contributed by atoms with Crippen LogP contribution in [0.5, 0.6) is 0 Å². The molecular formula is C12H19N3O2S. The number of aryl methyl sites for hydroxylation is 1. The summed E-state index contributed by atoms with van der Waals surface area (Å²) in [6, 6.07) is 0. The number of carbonyl (C=O) groups is 1. The first-order valence-corrected chi connectivity index (χ1v) is 7.24. The maximum Gasteiger partial charge on any atom is 0.265 e. The molecule has 0 saturated heterocycles. The molecule has 0 radical (unpaired) electrons. The Morgan fingerprint density at radius 2 is 2.17 bits per heavy atom. The summed E-state index contributed by atoms with van der Waals surface area (Å²) in [5, 5.41) is 17.0. The monoisotopic (exact) mass is 269 g/mol. The van der Waals surface area contributed by atoms with Crippen LogP contribution in [0.15, 0.2) is 0 Å². The number of aromatic nitrogens is 2. The average molecular weight is 269 g/mol. The van der Waals surface area contributed by atoms with Gasteiger partial charge in [-0.3, -0.25) is 4.79 Å². The molecule has 1 aromatic rings. The van der Waals surface area contributed by atoms with Crippen LogP contribution in [0, 0.1) is 0 Å². The molecule has 0 unspecified atom stereocenters. The van der Waals surface area contributed by atoms with Gasteiger partial charge >= 0.3 is 0 Å². The van der Waals surface area contributed by atoms with E-state index >= 15 is 0 Å². The zero-order valence-corrected chi connectivity index (χ0v) is 11.4. The van der Waals surface area contributed by atoms with E-state index in [0.29, 0.717) is 17.8 Å². The van der Waals surface area contributed by atoms with Gasteiger partial charge in [-0.2, -0.15) is 0 Å². The lowest BCUT2D eigenvalue weighted by molar-refractivity contribution is 0.00528. The van der Waals surface area contributed by atoms with E-state index < -0.39 is 5.60 Å². The van der Waals surface area contributed by atoms with E-state index in [2.05, 4.69) is 14.9 Å². The fourth-order valence-electron chi connectivity index (χ4n) is 2.32. The van der Waals surface area contributed by atoms with Gasteiger partial charge in [0.05, 0.1) is 11.3 Å². The van der Waals surface area contributed by atoms with Gasteiger partial charge in [-0.05, 0) is 30.8 Å². The predicted molar refractivity (Wildman–Crippen MR) is 69.7 cm³/mol. The van der Waals surface area contributed by atoms with Gasteiger partial charge in [0.25, 0.3) is 5.91 Å². The summed E-state index contributed by atoms with van der Waals surface area (Å²) in [6.07, 6.45) is 5.49. The topological polar surface area (TPSA) is 75.1 Å². The van der Waals surface area contributed by atoms with Crippen molar-refractivity contribution in [2.75, 3.05) is 6.54 Å². The van der Waals surface area contributed by atoms with Gasteiger partial charge in [0.2, 0.25) is 0 Å². The van der Waals surface area contributed by atoms with Crippen molar-refractivity contribution in [1.82, 2.24) is 14.9 Å². The SMILES string of the molecule is CCc1nnsc1C(=O)NCC1(O)CCCCC1. The highest BCUT2D eigenvalue weighted by Crippen LogP contribution is 2.27. The molecule has 0 aliphatic heterocycles. The fraction of sp³-hybridized carbons (Fsp3) is 0.750. The fourth-order valence-corrected chi connectivity index (χ4v) is 2.99. The van der Waals surface area contributed by atoms with E-state index in [-0.39, 0.29) is 5.91 Å². The Balaban J connectivity index is 1.92. The van der Waals surface area contributed by atoms with E-state index in [1.54, 1.807) is 0 Å². The van der Waals surface area contributed by atoms with Crippen LogP contribution in [0.1, 0.15) is 54.4 Å². The normalized spacial score (nSPS) is 18.6. The predicted octanol–water partition coefficient (Wildman–Crippen LogP) is 1.53. The summed E-state index contributed by atoms with van der Waals surface area (Å²) in [4.78, 5) is 12.5. The van der Waals surface area contributed by atoms with E-state index in [0.717, 1.165) is 42.9 Å². The molecule has 100 valence electrons. The minimum absolute atomic E-state index is 0.166. The van der Waals surface area contributed by atoms with Crippen LogP contribution in [0.2, 0.25) is 0 Å². The number of rotatable bonds is 4. The van der Waals surface area contributed by atoms with E-state index in [4.69, 9.17) is 0 Å². The van der Waals surface area contributed by atoms with Crippen LogP contribution in [-0.4, -0.2) is 32.7 Å². The van der Waals surface area contributed by atoms with Crippen LogP contribution in [0.25, 0.3) is 0 Å². The molecule has 1 aliphatic carbocycles. The number of nitrogens with one attached hydrogen (secondary N) is 1. The summed E-state index contributed by atoms with van der Waals surface area (Å²) >= 11 is 1.11. The van der Waals surface area contributed by atoms with Crippen molar-refractivity contribution in [1.29, 1.82) is 0 Å². The second kappa shape index (κ2) is 5.75. The Morgan fingerprint density at radius 1 is 1.44 bits per heavy atom. The molecule has 0 bridgehead atoms. The molecule has 6 heteroatoms. The highest BCUT2D eigenvalue weighted by molar-refractivity contribution is 7.08. The summed E-state index contributed by atoms with van der Waals surface area (Å²) in [7, 11) is 0. The first-order chi connectivity index (χ1) is 8.64. The van der Waals surface area contributed by atoms with Crippen molar-refractivity contribution < 1.29 is 9.90 Å². The Hall–Kier alpha value is -1.01. The molecule has 18 heavy (non-hydrogen) atoms. The molecule has 0 atom stereocenters. The Bertz CT molecular complexity index is 413. The van der Waals surface area contributed by atoms with Crippen LogP contribution < -0.4 is 5.32 Å². The number of carbonyl (C=O) groups excluding carboxylic acids is 1. The van der Waals surface area contributed by atoms with E-state index in [9.17, 15) is 9.90 Å². The highest BCUT2D eigenvalue weighted by Gasteiger charge is 2.30. The number of nitrogens with zero attached hydrogens (tertiary/aromatic N) is 2. The summed E-state index contributed by atoms with van der Waals surface area (Å²) in [5.74, 6) is -0.166. The minimum Gasteiger partial charge on any atom is -0.388 e. The zero-order chi connectivity index (χ0) is 13.0. The quantitative estimate of drug-likeness (QED) is 0.869. The van der Waals surface area contributed by atoms with Crippen molar-refractivity contribution in [3.8, 4) is 0 Å². The van der Waals surface area contributed by atoms with Crippen molar-refractivity contribution in [3.63, 3.8) is 0 Å². The van der Waals surface area contributed by atoms with E-state index in [1.165, 1.54) is 6.42 Å². The number of hydrogen-bond donors (Lipinski definition) is 2. The lowest BCUT2D eigenvalue weighted by Crippen LogP contribution is -2.44. The first-order valence-electron chi connectivity index (χ1n) is 6.46. The molecular weight excluding hydrogens is 250 g/mol. The van der Waals surface area contributed by atoms with Gasteiger partial charge in [0.1, 0.15) is 4.88 Å². The lowest BCUT2D eigenvalue weighted by Gasteiger charge is -2.32. The maximum absolute atomic E-state index is 12.0. The van der Waals surface area contributed by atoms with Crippen LogP contribution >= 0.6 is 11.5 Å². The third-order valence-corrected chi connectivity index (χ3v) is 4.23. The van der Waals surface area contributed by atoms with Crippen LogP contribution in [0.3, 0.4) is 0 Å². The summed E-state index contributed by atoms with van der Waals surface area (Å²) < 4.78 is 3.79. The van der Waals surface area contributed by atoms with Crippen molar-refractivity contribution in [3.05, 3.63) is 10.6 Å². The first kappa shape index (κ1) is 13.4. The second-order valence-corrected chi connectivity index (χ2v) is 5.62. The Kier molecular flexibility index (Phi) is 4.29. The molecule has 1 saturated carbocycles. The molecule has 1 aromatic heterocycles. The summed E-state index contributed by atoms with van der Waals surface area (Å²) in [5.41, 5.74) is 0.00595. The van der Waals surface area contributed by atoms with Gasteiger partial charge in [0, 0.05) is 6.54 Å². The van der Waals surface area contributed by atoms with Crippen LogP contribution in [-0.2, 0) is 6.42 Å². The maximum atomic E-state index is 12.0. The molecule has 1 fully saturated rings. The zero-order valence-electron chi connectivity index (χ0n) is 10.6. The molecule has 5 nitrogen and oxygen atoms in total. The van der Waals surface area contributed by atoms with Gasteiger partial charge < -0.3 is 10.4 Å². The lowest BCUT2D eigenvalue weighted by atomic mass is 9.85. The van der Waals surface area contributed by atoms with Gasteiger partial charge in [-0.15, -0.1) is 5.10 Å². The Morgan fingerprint density at radius 3 is 2.83 bits per heavy atom. The number of aliphatic hydroxyl groups is 1. The van der Waals surface area contributed by atoms with Crippen molar-refractivity contribution >= 4 is 17.4 Å². The largest absolute Gasteiger partial charge is 0.388 e. The molecule has 0 spiro atoms. The third kappa shape index (κ3) is 3.05. The molecule has 2 N–H and O–H groups in total. The van der Waals surface area contributed by atoms with Crippen molar-refractivity contribution in [2.45, 2.75) is 51.0 Å². The molecule has 1 heterocycles. The third-order valence-electron chi connectivity index (χ3n) is 3.46. The Labute approximate surface area is 111 Å². The number of hydrogen-bond acceptors (Lipinski definition) is 5. The second-order valence-electron chi connectivity index (χ2n) is 4.87.